The average molecular weight is 276 g/mol. The standard InChI is InChI=1S/C13H16N4OS/c1-14-7-8-17(2)13(18)11-9-16-12(19-11)10-3-5-15-6-4-10/h3-6,9,14H,7-8H2,1-2H3. The van der Waals surface area contributed by atoms with Crippen molar-refractivity contribution >= 4 is 17.2 Å². The average Bonchev–Trinajstić information content (AvgIpc) is 2.94. The number of carbonyl (C=O) groups excluding carboxylic acids is 1. The number of amides is 1. The van der Waals surface area contributed by atoms with Crippen LogP contribution in [0.3, 0.4) is 0 Å². The van der Waals surface area contributed by atoms with E-state index in [4.69, 9.17) is 0 Å². The number of nitrogens with zero attached hydrogens (tertiary/aromatic N) is 3. The van der Waals surface area contributed by atoms with Crippen LogP contribution in [-0.4, -0.2) is 48.0 Å². The van der Waals surface area contributed by atoms with Gasteiger partial charge in [0.15, 0.2) is 0 Å². The van der Waals surface area contributed by atoms with E-state index in [0.29, 0.717) is 11.4 Å². The van der Waals surface area contributed by atoms with Crippen LogP contribution in [-0.2, 0) is 0 Å². The SMILES string of the molecule is CNCCN(C)C(=O)c1cnc(-c2ccncc2)s1. The molecule has 2 rings (SSSR count). The van der Waals surface area contributed by atoms with Gasteiger partial charge in [-0.3, -0.25) is 9.78 Å². The highest BCUT2D eigenvalue weighted by atomic mass is 32.1. The minimum atomic E-state index is 0.00746. The predicted molar refractivity (Wildman–Crippen MR) is 76.2 cm³/mol. The van der Waals surface area contributed by atoms with Crippen LogP contribution in [0.1, 0.15) is 9.67 Å². The Balaban J connectivity index is 2.11. The normalized spacial score (nSPS) is 10.4. The summed E-state index contributed by atoms with van der Waals surface area (Å²) in [5.41, 5.74) is 0.983. The molecule has 0 radical (unpaired) electrons. The lowest BCUT2D eigenvalue weighted by Gasteiger charge is -2.15. The van der Waals surface area contributed by atoms with Gasteiger partial charge in [0, 0.05) is 38.1 Å². The molecule has 0 saturated carbocycles. The molecule has 0 aliphatic carbocycles. The van der Waals surface area contributed by atoms with Gasteiger partial charge >= 0.3 is 0 Å². The Labute approximate surface area is 116 Å². The van der Waals surface area contributed by atoms with Crippen molar-refractivity contribution < 1.29 is 4.79 Å². The maximum Gasteiger partial charge on any atom is 0.265 e. The van der Waals surface area contributed by atoms with Gasteiger partial charge in [0.05, 0.1) is 6.20 Å². The van der Waals surface area contributed by atoms with Gasteiger partial charge in [0.2, 0.25) is 0 Å². The summed E-state index contributed by atoms with van der Waals surface area (Å²) in [5.74, 6) is 0.00746. The molecule has 0 fully saturated rings. The van der Waals surface area contributed by atoms with Gasteiger partial charge in [-0.05, 0) is 19.2 Å². The number of likely N-dealkylation sites (N-methyl/N-ethyl adjacent to an activating group) is 2. The lowest BCUT2D eigenvalue weighted by molar-refractivity contribution is 0.0801. The van der Waals surface area contributed by atoms with Crippen LogP contribution >= 0.6 is 11.3 Å². The Morgan fingerprint density at radius 3 is 2.84 bits per heavy atom. The Morgan fingerprint density at radius 1 is 1.42 bits per heavy atom. The summed E-state index contributed by atoms with van der Waals surface area (Å²) >= 11 is 1.41. The van der Waals surface area contributed by atoms with Gasteiger partial charge in [-0.2, -0.15) is 0 Å². The molecule has 0 aliphatic rings. The van der Waals surface area contributed by atoms with Crippen molar-refractivity contribution in [3.05, 3.63) is 35.6 Å². The smallest absolute Gasteiger partial charge is 0.265 e. The van der Waals surface area contributed by atoms with E-state index in [1.54, 1.807) is 30.5 Å². The molecule has 0 unspecified atom stereocenters. The van der Waals surface area contributed by atoms with E-state index >= 15 is 0 Å². The third-order valence-corrected chi connectivity index (χ3v) is 3.72. The first-order valence-corrected chi connectivity index (χ1v) is 6.80. The van der Waals surface area contributed by atoms with Crippen LogP contribution in [0, 0.1) is 0 Å². The van der Waals surface area contributed by atoms with E-state index in [0.717, 1.165) is 17.1 Å². The molecule has 0 atom stereocenters. The molecule has 1 amide bonds. The lowest BCUT2D eigenvalue weighted by Crippen LogP contribution is -2.32. The highest BCUT2D eigenvalue weighted by molar-refractivity contribution is 7.16. The van der Waals surface area contributed by atoms with Gasteiger partial charge in [0.25, 0.3) is 5.91 Å². The highest BCUT2D eigenvalue weighted by Crippen LogP contribution is 2.24. The van der Waals surface area contributed by atoms with Crippen molar-refractivity contribution in [1.82, 2.24) is 20.2 Å². The molecular weight excluding hydrogens is 260 g/mol. The number of aromatic nitrogens is 2. The van der Waals surface area contributed by atoms with Crippen molar-refractivity contribution in [3.63, 3.8) is 0 Å². The van der Waals surface area contributed by atoms with E-state index in [-0.39, 0.29) is 5.91 Å². The zero-order valence-electron chi connectivity index (χ0n) is 11.0. The molecule has 0 aromatic carbocycles. The molecule has 1 N–H and O–H groups in total. The molecule has 2 aromatic heterocycles. The first-order valence-electron chi connectivity index (χ1n) is 5.98. The van der Waals surface area contributed by atoms with E-state index < -0.39 is 0 Å². The van der Waals surface area contributed by atoms with E-state index in [1.807, 2.05) is 19.2 Å². The van der Waals surface area contributed by atoms with Crippen LogP contribution in [0.5, 0.6) is 0 Å². The summed E-state index contributed by atoms with van der Waals surface area (Å²) in [6, 6.07) is 3.77. The molecule has 0 aliphatic heterocycles. The van der Waals surface area contributed by atoms with Gasteiger partial charge < -0.3 is 10.2 Å². The Kier molecular flexibility index (Phi) is 4.59. The van der Waals surface area contributed by atoms with Crippen LogP contribution in [0.2, 0.25) is 0 Å². The maximum absolute atomic E-state index is 12.2. The fourth-order valence-corrected chi connectivity index (χ4v) is 2.49. The Hall–Kier alpha value is -1.79. The van der Waals surface area contributed by atoms with Gasteiger partial charge in [-0.1, -0.05) is 0 Å². The predicted octanol–water partition coefficient (Wildman–Crippen LogP) is 1.50. The third kappa shape index (κ3) is 3.36. The van der Waals surface area contributed by atoms with Crippen molar-refractivity contribution in [2.75, 3.05) is 27.2 Å². The summed E-state index contributed by atoms with van der Waals surface area (Å²) < 4.78 is 0. The second-order valence-electron chi connectivity index (χ2n) is 4.10. The highest BCUT2D eigenvalue weighted by Gasteiger charge is 2.15. The number of hydrogen-bond acceptors (Lipinski definition) is 5. The van der Waals surface area contributed by atoms with Crippen LogP contribution in [0.15, 0.2) is 30.7 Å². The summed E-state index contributed by atoms with van der Waals surface area (Å²) in [5, 5.41) is 3.86. The fourth-order valence-electron chi connectivity index (χ4n) is 1.57. The van der Waals surface area contributed by atoms with E-state index in [2.05, 4.69) is 15.3 Å². The molecule has 2 heterocycles. The summed E-state index contributed by atoms with van der Waals surface area (Å²) in [7, 11) is 3.66. The number of pyridine rings is 1. The number of hydrogen-bond donors (Lipinski definition) is 1. The third-order valence-electron chi connectivity index (χ3n) is 2.69. The van der Waals surface area contributed by atoms with Gasteiger partial charge in [0.1, 0.15) is 9.88 Å². The summed E-state index contributed by atoms with van der Waals surface area (Å²) in [6.07, 6.45) is 5.08. The lowest BCUT2D eigenvalue weighted by atomic mass is 10.3. The molecule has 0 bridgehead atoms. The molecule has 6 heteroatoms. The topological polar surface area (TPSA) is 58.1 Å². The first kappa shape index (κ1) is 13.6. The van der Waals surface area contributed by atoms with Crippen molar-refractivity contribution in [1.29, 1.82) is 0 Å². The summed E-state index contributed by atoms with van der Waals surface area (Å²) in [4.78, 5) is 22.8. The summed E-state index contributed by atoms with van der Waals surface area (Å²) in [6.45, 7) is 1.45. The zero-order chi connectivity index (χ0) is 13.7. The Bertz CT molecular complexity index is 541. The number of nitrogens with one attached hydrogen (secondary N) is 1. The maximum atomic E-state index is 12.2. The second-order valence-corrected chi connectivity index (χ2v) is 5.13. The molecule has 5 nitrogen and oxygen atoms in total. The molecule has 2 aromatic rings. The number of carbonyl (C=O) groups is 1. The molecule has 0 saturated heterocycles. The quantitative estimate of drug-likeness (QED) is 0.899. The van der Waals surface area contributed by atoms with Crippen molar-refractivity contribution in [2.24, 2.45) is 0 Å². The van der Waals surface area contributed by atoms with Gasteiger partial charge in [-0.25, -0.2) is 4.98 Å². The van der Waals surface area contributed by atoms with Crippen LogP contribution in [0.25, 0.3) is 10.6 Å². The number of rotatable bonds is 5. The van der Waals surface area contributed by atoms with Gasteiger partial charge in [-0.15, -0.1) is 11.3 Å². The zero-order valence-corrected chi connectivity index (χ0v) is 11.8. The van der Waals surface area contributed by atoms with E-state index in [1.165, 1.54) is 11.3 Å². The fraction of sp³-hybridized carbons (Fsp3) is 0.308. The Morgan fingerprint density at radius 2 is 2.16 bits per heavy atom. The minimum absolute atomic E-state index is 0.00746. The molecule has 19 heavy (non-hydrogen) atoms. The van der Waals surface area contributed by atoms with E-state index in [9.17, 15) is 4.79 Å². The largest absolute Gasteiger partial charge is 0.340 e. The van der Waals surface area contributed by atoms with Crippen molar-refractivity contribution in [2.45, 2.75) is 0 Å². The van der Waals surface area contributed by atoms with Crippen LogP contribution < -0.4 is 5.32 Å². The molecular formula is C13H16N4OS. The molecule has 100 valence electrons. The van der Waals surface area contributed by atoms with Crippen LogP contribution in [0.4, 0.5) is 0 Å². The first-order chi connectivity index (χ1) is 9.22. The second kappa shape index (κ2) is 6.40. The minimum Gasteiger partial charge on any atom is -0.340 e. The number of thiazole rings is 1. The van der Waals surface area contributed by atoms with Crippen molar-refractivity contribution in [3.8, 4) is 10.6 Å². The monoisotopic (exact) mass is 276 g/mol. The molecule has 0 spiro atoms.